The van der Waals surface area contributed by atoms with Crippen molar-refractivity contribution in [1.82, 2.24) is 0 Å². The largest absolute Gasteiger partial charge is 0.515 e. The number of hydrogen-bond donors (Lipinski definition) is 5. The van der Waals surface area contributed by atoms with E-state index in [2.05, 4.69) is 0 Å². The molecule has 0 spiro atoms. The number of hydrogen-bond acceptors (Lipinski definition) is 5. The highest BCUT2D eigenvalue weighted by Gasteiger charge is 2.49. The first kappa shape index (κ1) is 19.2. The van der Waals surface area contributed by atoms with Crippen molar-refractivity contribution >= 4 is 33.6 Å². The molecule has 8 heteroatoms. The average molecular weight is 253 g/mol. The summed E-state index contributed by atoms with van der Waals surface area (Å²) in [5.74, 6) is 0. The van der Waals surface area contributed by atoms with Gasteiger partial charge in [0.1, 0.15) is 0 Å². The summed E-state index contributed by atoms with van der Waals surface area (Å²) in [6.45, 7) is 1.72. The van der Waals surface area contributed by atoms with Crippen molar-refractivity contribution in [3.8, 4) is 0 Å². The van der Waals surface area contributed by atoms with Crippen LogP contribution in [0.15, 0.2) is 0 Å². The highest BCUT2D eigenvalue weighted by Crippen LogP contribution is 2.14. The average Bonchev–Trinajstić information content (AvgIpc) is 1.86. The standard InChI is InChI=1S/C5H16N2O3Si.2ClH/c1-2-3-5(7,4-6)11(8,9)10;;/h8-10H,2-4,6-7H2,1H3;2*1H. The van der Waals surface area contributed by atoms with Gasteiger partial charge in [0.2, 0.25) is 0 Å². The van der Waals surface area contributed by atoms with E-state index >= 15 is 0 Å². The van der Waals surface area contributed by atoms with Gasteiger partial charge in [-0.2, -0.15) is 0 Å². The van der Waals surface area contributed by atoms with Crippen molar-refractivity contribution in [1.29, 1.82) is 0 Å². The molecule has 0 aromatic carbocycles. The lowest BCUT2D eigenvalue weighted by molar-refractivity contribution is 0.177. The molecule has 0 rings (SSSR count). The Hall–Kier alpha value is 0.597. The van der Waals surface area contributed by atoms with E-state index < -0.39 is 14.0 Å². The maximum Gasteiger partial charge on any atom is 0.515 e. The van der Waals surface area contributed by atoms with Crippen LogP contribution in [0.1, 0.15) is 19.8 Å². The smallest absolute Gasteiger partial charge is 0.389 e. The van der Waals surface area contributed by atoms with E-state index in [4.69, 9.17) is 25.9 Å². The fourth-order valence-corrected chi connectivity index (χ4v) is 1.71. The van der Waals surface area contributed by atoms with Crippen LogP contribution in [0, 0.1) is 0 Å². The van der Waals surface area contributed by atoms with Gasteiger partial charge in [-0.15, -0.1) is 24.8 Å². The van der Waals surface area contributed by atoms with E-state index in [1.165, 1.54) is 0 Å². The number of rotatable bonds is 4. The predicted octanol–water partition coefficient (Wildman–Crippen LogP) is -1.26. The van der Waals surface area contributed by atoms with Crippen LogP contribution >= 0.6 is 24.8 Å². The van der Waals surface area contributed by atoms with Crippen LogP contribution in [0.25, 0.3) is 0 Å². The fraction of sp³-hybridized carbons (Fsp3) is 1.00. The molecule has 0 amide bonds. The summed E-state index contributed by atoms with van der Waals surface area (Å²) in [6.07, 6.45) is 0.976. The summed E-state index contributed by atoms with van der Waals surface area (Å²) < 4.78 is 0. The van der Waals surface area contributed by atoms with Crippen molar-refractivity contribution < 1.29 is 14.4 Å². The molecule has 13 heavy (non-hydrogen) atoms. The molecular weight excluding hydrogens is 235 g/mol. The lowest BCUT2D eigenvalue weighted by atomic mass is 10.2. The third kappa shape index (κ3) is 5.14. The lowest BCUT2D eigenvalue weighted by Gasteiger charge is -2.31. The molecule has 5 nitrogen and oxygen atoms in total. The normalized spacial score (nSPS) is 15.2. The Morgan fingerprint density at radius 1 is 1.23 bits per heavy atom. The maximum absolute atomic E-state index is 8.91. The molecular formula is C5H18Cl2N2O3Si. The van der Waals surface area contributed by atoms with Crippen LogP contribution in [-0.2, 0) is 0 Å². The zero-order valence-corrected chi connectivity index (χ0v) is 10.1. The molecule has 0 saturated heterocycles. The highest BCUT2D eigenvalue weighted by atomic mass is 35.5. The lowest BCUT2D eigenvalue weighted by Crippen LogP contribution is -2.69. The summed E-state index contributed by atoms with van der Waals surface area (Å²) in [6, 6.07) is 0. The fourth-order valence-electron chi connectivity index (χ4n) is 0.853. The molecule has 0 radical (unpaired) electrons. The Balaban J connectivity index is -0.000000500. The molecule has 1 atom stereocenters. The van der Waals surface area contributed by atoms with Gasteiger partial charge in [0.15, 0.2) is 0 Å². The molecule has 0 aliphatic carbocycles. The van der Waals surface area contributed by atoms with Gasteiger partial charge in [0.05, 0.1) is 5.16 Å². The van der Waals surface area contributed by atoms with E-state index in [9.17, 15) is 0 Å². The van der Waals surface area contributed by atoms with Gasteiger partial charge in [-0.1, -0.05) is 13.3 Å². The molecule has 0 aromatic rings. The van der Waals surface area contributed by atoms with Gasteiger partial charge in [0.25, 0.3) is 0 Å². The Morgan fingerprint density at radius 3 is 1.69 bits per heavy atom. The number of nitrogens with two attached hydrogens (primary N) is 2. The molecule has 84 valence electrons. The predicted molar refractivity (Wildman–Crippen MR) is 57.8 cm³/mol. The number of halogens is 2. The van der Waals surface area contributed by atoms with E-state index in [1.54, 1.807) is 0 Å². The van der Waals surface area contributed by atoms with Crippen LogP contribution < -0.4 is 11.5 Å². The highest BCUT2D eigenvalue weighted by molar-refractivity contribution is 6.60. The topological polar surface area (TPSA) is 113 Å². The third-order valence-electron chi connectivity index (χ3n) is 1.73. The molecule has 0 bridgehead atoms. The van der Waals surface area contributed by atoms with Crippen molar-refractivity contribution in [2.75, 3.05) is 6.54 Å². The van der Waals surface area contributed by atoms with Gasteiger partial charge >= 0.3 is 8.80 Å². The van der Waals surface area contributed by atoms with E-state index in [-0.39, 0.29) is 31.4 Å². The van der Waals surface area contributed by atoms with Crippen LogP contribution in [0.4, 0.5) is 0 Å². The van der Waals surface area contributed by atoms with E-state index in [1.807, 2.05) is 6.92 Å². The van der Waals surface area contributed by atoms with E-state index in [0.717, 1.165) is 0 Å². The molecule has 7 N–H and O–H groups in total. The second kappa shape index (κ2) is 6.96. The first-order valence-corrected chi connectivity index (χ1v) is 5.37. The zero-order chi connectivity index (χ0) is 9.12. The van der Waals surface area contributed by atoms with Crippen molar-refractivity contribution in [3.63, 3.8) is 0 Å². The molecule has 1 unspecified atom stereocenters. The molecule has 0 aromatic heterocycles. The molecule has 0 aliphatic heterocycles. The summed E-state index contributed by atoms with van der Waals surface area (Å²) in [7, 11) is -4.28. The van der Waals surface area contributed by atoms with Crippen LogP contribution in [0.2, 0.25) is 0 Å². The van der Waals surface area contributed by atoms with Gasteiger partial charge in [-0.3, -0.25) is 0 Å². The Kier molecular flexibility index (Phi) is 10.3. The third-order valence-corrected chi connectivity index (χ3v) is 3.52. The Labute approximate surface area is 91.3 Å². The SMILES string of the molecule is CCCC(N)(CN)[Si](O)(O)O.Cl.Cl. The maximum atomic E-state index is 8.91. The minimum Gasteiger partial charge on any atom is -0.389 e. The van der Waals surface area contributed by atoms with E-state index in [0.29, 0.717) is 12.8 Å². The van der Waals surface area contributed by atoms with Crippen molar-refractivity contribution in [2.45, 2.75) is 24.9 Å². The monoisotopic (exact) mass is 252 g/mol. The minimum absolute atomic E-state index is 0. The van der Waals surface area contributed by atoms with Crippen molar-refractivity contribution in [2.24, 2.45) is 11.5 Å². The van der Waals surface area contributed by atoms with Gasteiger partial charge in [0, 0.05) is 6.54 Å². The van der Waals surface area contributed by atoms with Gasteiger partial charge < -0.3 is 25.9 Å². The molecule has 0 aliphatic rings. The summed E-state index contributed by atoms with van der Waals surface area (Å²) in [4.78, 5) is 26.7. The van der Waals surface area contributed by atoms with Crippen LogP contribution in [0.3, 0.4) is 0 Å². The minimum atomic E-state index is -4.28. The summed E-state index contributed by atoms with van der Waals surface area (Å²) in [5.41, 5.74) is 10.7. The second-order valence-electron chi connectivity index (χ2n) is 2.75. The molecule has 0 heterocycles. The summed E-state index contributed by atoms with van der Waals surface area (Å²) in [5, 5.41) is -1.39. The Bertz CT molecular complexity index is 135. The first-order valence-electron chi connectivity index (χ1n) is 3.53. The first-order chi connectivity index (χ1) is 4.87. The van der Waals surface area contributed by atoms with Gasteiger partial charge in [-0.25, -0.2) is 0 Å². The van der Waals surface area contributed by atoms with Crippen molar-refractivity contribution in [3.05, 3.63) is 0 Å². The molecule has 0 saturated carbocycles. The quantitative estimate of drug-likeness (QED) is 0.401. The van der Waals surface area contributed by atoms with Gasteiger partial charge in [-0.05, 0) is 6.42 Å². The zero-order valence-electron chi connectivity index (χ0n) is 7.43. The summed E-state index contributed by atoms with van der Waals surface area (Å²) >= 11 is 0. The Morgan fingerprint density at radius 2 is 1.62 bits per heavy atom. The molecule has 0 fully saturated rings. The second-order valence-corrected chi connectivity index (χ2v) is 5.01. The van der Waals surface area contributed by atoms with Crippen LogP contribution in [-0.4, -0.2) is 34.9 Å². The van der Waals surface area contributed by atoms with Crippen LogP contribution in [0.5, 0.6) is 0 Å².